The SMILES string of the molecule is C=CCOC(=O)C(Nc1nc(NC(C(=O)OCC=C)C2CC(C)(C)N(CC=C)C(C)(C)C2)nc(NC(C(=O)OCC=C)C2CC(C)(C)N(CC=C)C(C)(C)C2)n1)C1CC(C)(C)N(CC=C)C(C)(C)C1. The third-order valence-corrected chi connectivity index (χ3v) is 14.6. The molecule has 0 spiro atoms. The van der Waals surface area contributed by atoms with Gasteiger partial charge >= 0.3 is 17.9 Å². The van der Waals surface area contributed by atoms with Crippen LogP contribution in [0.4, 0.5) is 17.8 Å². The van der Waals surface area contributed by atoms with Crippen molar-refractivity contribution in [2.45, 2.75) is 173 Å². The zero-order valence-corrected chi connectivity index (χ0v) is 44.3. The number of nitrogens with one attached hydrogen (secondary N) is 3. The van der Waals surface area contributed by atoms with E-state index in [1.165, 1.54) is 18.2 Å². The van der Waals surface area contributed by atoms with Gasteiger partial charge in [0.1, 0.15) is 37.9 Å². The highest BCUT2D eigenvalue weighted by Crippen LogP contribution is 2.46. The van der Waals surface area contributed by atoms with Gasteiger partial charge in [0.05, 0.1) is 0 Å². The number of anilines is 3. The van der Waals surface area contributed by atoms with Gasteiger partial charge in [0.15, 0.2) is 0 Å². The maximum absolute atomic E-state index is 14.3. The Kier molecular flexibility index (Phi) is 18.8. The summed E-state index contributed by atoms with van der Waals surface area (Å²) in [6.07, 6.45) is 14.1. The van der Waals surface area contributed by atoms with Crippen LogP contribution in [0.1, 0.15) is 122 Å². The van der Waals surface area contributed by atoms with E-state index in [0.717, 1.165) is 0 Å². The van der Waals surface area contributed by atoms with Crippen molar-refractivity contribution in [3.05, 3.63) is 75.9 Å². The molecule has 0 amide bonds. The van der Waals surface area contributed by atoms with Crippen LogP contribution in [0.2, 0.25) is 0 Å². The van der Waals surface area contributed by atoms with Crippen LogP contribution in [0.3, 0.4) is 0 Å². The smallest absolute Gasteiger partial charge is 0.329 e. The van der Waals surface area contributed by atoms with Gasteiger partial charge in [0.25, 0.3) is 0 Å². The number of nitrogens with zero attached hydrogens (tertiary/aromatic N) is 6. The fourth-order valence-electron chi connectivity index (χ4n) is 12.5. The van der Waals surface area contributed by atoms with Crippen LogP contribution in [-0.4, -0.2) is 138 Å². The number of aromatic nitrogens is 3. The highest BCUT2D eigenvalue weighted by molar-refractivity contribution is 5.81. The Morgan fingerprint density at radius 3 is 0.826 bits per heavy atom. The molecule has 3 aliphatic rings. The van der Waals surface area contributed by atoms with Gasteiger partial charge in [0, 0.05) is 52.9 Å². The summed E-state index contributed by atoms with van der Waals surface area (Å²) in [6.45, 7) is 51.6. The van der Waals surface area contributed by atoms with E-state index in [0.29, 0.717) is 58.2 Å². The quantitative estimate of drug-likeness (QED) is 0.0512. The lowest BCUT2D eigenvalue weighted by atomic mass is 9.71. The second kappa shape index (κ2) is 22.9. The van der Waals surface area contributed by atoms with E-state index < -0.39 is 36.0 Å². The van der Waals surface area contributed by atoms with Crippen molar-refractivity contribution in [3.8, 4) is 0 Å². The van der Waals surface area contributed by atoms with Crippen LogP contribution < -0.4 is 16.0 Å². The monoisotopic (exact) mass is 958 g/mol. The largest absolute Gasteiger partial charge is 0.460 e. The molecule has 3 fully saturated rings. The molecule has 3 aliphatic heterocycles. The molecule has 69 heavy (non-hydrogen) atoms. The zero-order valence-electron chi connectivity index (χ0n) is 44.3. The van der Waals surface area contributed by atoms with Crippen LogP contribution in [0.25, 0.3) is 0 Å². The van der Waals surface area contributed by atoms with Crippen molar-refractivity contribution in [3.63, 3.8) is 0 Å². The third kappa shape index (κ3) is 13.9. The number of carbonyl (C=O) groups excluding carboxylic acids is 3. The van der Waals surface area contributed by atoms with Crippen LogP contribution in [-0.2, 0) is 28.6 Å². The molecule has 3 saturated heterocycles. The van der Waals surface area contributed by atoms with Crippen LogP contribution >= 0.6 is 0 Å². The number of hydrogen-bond donors (Lipinski definition) is 3. The predicted octanol–water partition coefficient (Wildman–Crippen LogP) is 8.77. The zero-order chi connectivity index (χ0) is 51.8. The molecule has 1 aromatic heterocycles. The molecule has 3 N–H and O–H groups in total. The molecule has 0 saturated carbocycles. The first-order valence-corrected chi connectivity index (χ1v) is 24.7. The van der Waals surface area contributed by atoms with Crippen molar-refractivity contribution in [1.29, 1.82) is 0 Å². The Balaban J connectivity index is 1.93. The van der Waals surface area contributed by atoms with Gasteiger partial charge in [-0.15, -0.1) is 19.7 Å². The number of esters is 3. The van der Waals surface area contributed by atoms with Gasteiger partial charge in [-0.05, 0) is 139 Å². The van der Waals surface area contributed by atoms with Crippen molar-refractivity contribution in [1.82, 2.24) is 29.7 Å². The molecular formula is C54H87N9O6. The topological polar surface area (TPSA) is 163 Å². The summed E-state index contributed by atoms with van der Waals surface area (Å²) in [5.74, 6) is -2.06. The Labute approximate surface area is 414 Å². The van der Waals surface area contributed by atoms with Gasteiger partial charge < -0.3 is 30.2 Å². The first-order chi connectivity index (χ1) is 32.1. The van der Waals surface area contributed by atoms with E-state index in [-0.39, 0.29) is 88.7 Å². The minimum absolute atomic E-state index is 0.00947. The molecule has 0 radical (unpaired) electrons. The van der Waals surface area contributed by atoms with Crippen molar-refractivity contribution < 1.29 is 28.6 Å². The van der Waals surface area contributed by atoms with Crippen molar-refractivity contribution in [2.75, 3.05) is 55.4 Å². The standard InChI is InChI=1S/C54H87N9O6/c1-19-25-61-49(7,8)31-37(32-50(61,9)10)40(43(64)67-28-22-4)55-46-58-47(56-41(44(65)68-29-23-5)38-33-51(11,12)62(26-20-2)52(13,14)34-38)60-48(59-46)57-42(45(66)69-30-24-6)39-35-53(15,16)63(27-21-3)54(17,18)36-39/h19-24,37-42H,1-6,25-36H2,7-18H3,(H3,55,56,57,58,59,60). The molecule has 1 aromatic rings. The average molecular weight is 958 g/mol. The minimum atomic E-state index is -0.911. The fraction of sp³-hybridized carbons (Fsp3) is 0.667. The Morgan fingerprint density at radius 2 is 0.652 bits per heavy atom. The normalized spacial score (nSPS) is 22.6. The first-order valence-electron chi connectivity index (χ1n) is 24.7. The summed E-state index contributed by atoms with van der Waals surface area (Å²) < 4.78 is 17.4. The Hall–Kier alpha value is -4.86. The van der Waals surface area contributed by atoms with E-state index in [2.05, 4.69) is 153 Å². The van der Waals surface area contributed by atoms with Crippen molar-refractivity contribution in [2.24, 2.45) is 17.8 Å². The average Bonchev–Trinajstić information content (AvgIpc) is 3.24. The molecule has 0 bridgehead atoms. The molecule has 3 unspecified atom stereocenters. The summed E-state index contributed by atoms with van der Waals surface area (Å²) in [6, 6.07) is -2.73. The number of carbonyl (C=O) groups is 3. The molecular weight excluding hydrogens is 871 g/mol. The minimum Gasteiger partial charge on any atom is -0.460 e. The van der Waals surface area contributed by atoms with E-state index in [1.807, 2.05) is 18.2 Å². The molecule has 4 heterocycles. The van der Waals surface area contributed by atoms with Crippen LogP contribution in [0, 0.1) is 17.8 Å². The highest BCUT2D eigenvalue weighted by atomic mass is 16.5. The second-order valence-electron chi connectivity index (χ2n) is 23.0. The summed E-state index contributed by atoms with van der Waals surface area (Å²) in [4.78, 5) is 65.0. The van der Waals surface area contributed by atoms with Crippen LogP contribution in [0.5, 0.6) is 0 Å². The molecule has 3 atom stereocenters. The van der Waals surface area contributed by atoms with Crippen LogP contribution in [0.15, 0.2) is 75.9 Å². The molecule has 0 aromatic carbocycles. The van der Waals surface area contributed by atoms with E-state index in [1.54, 1.807) is 0 Å². The Bertz CT molecular complexity index is 1740. The van der Waals surface area contributed by atoms with E-state index >= 15 is 0 Å². The maximum atomic E-state index is 14.3. The van der Waals surface area contributed by atoms with Gasteiger partial charge in [-0.25, -0.2) is 14.4 Å². The lowest BCUT2D eigenvalue weighted by molar-refractivity contribution is -0.147. The van der Waals surface area contributed by atoms with E-state index in [9.17, 15) is 14.4 Å². The number of ether oxygens (including phenoxy) is 3. The van der Waals surface area contributed by atoms with Gasteiger partial charge in [-0.3, -0.25) is 14.7 Å². The molecule has 0 aliphatic carbocycles. The summed E-state index contributed by atoms with van der Waals surface area (Å²) in [7, 11) is 0. The highest BCUT2D eigenvalue weighted by Gasteiger charge is 2.52. The first kappa shape index (κ1) is 56.7. The second-order valence-corrected chi connectivity index (χ2v) is 23.0. The lowest BCUT2D eigenvalue weighted by Gasteiger charge is -2.56. The molecule has 384 valence electrons. The third-order valence-electron chi connectivity index (χ3n) is 14.6. The number of piperidine rings is 3. The molecule has 4 rings (SSSR count). The summed E-state index contributed by atoms with van der Waals surface area (Å²) in [5, 5.41) is 10.2. The predicted molar refractivity (Wildman–Crippen MR) is 279 cm³/mol. The van der Waals surface area contributed by atoms with Gasteiger partial charge in [0.2, 0.25) is 17.8 Å². The number of hydrogen-bond acceptors (Lipinski definition) is 15. The molecule has 15 heteroatoms. The van der Waals surface area contributed by atoms with Crippen molar-refractivity contribution >= 4 is 35.8 Å². The van der Waals surface area contributed by atoms with Gasteiger partial charge in [-0.1, -0.05) is 56.2 Å². The maximum Gasteiger partial charge on any atom is 0.329 e. The Morgan fingerprint density at radius 1 is 0.449 bits per heavy atom. The molecule has 15 nitrogen and oxygen atoms in total. The van der Waals surface area contributed by atoms with Gasteiger partial charge in [-0.2, -0.15) is 15.0 Å². The number of rotatable bonds is 24. The summed E-state index contributed by atoms with van der Waals surface area (Å²) >= 11 is 0. The number of likely N-dealkylation sites (tertiary alicyclic amines) is 3. The fourth-order valence-corrected chi connectivity index (χ4v) is 12.5. The van der Waals surface area contributed by atoms with E-state index in [4.69, 9.17) is 29.2 Å². The summed E-state index contributed by atoms with van der Waals surface area (Å²) in [5.41, 5.74) is -1.99. The lowest BCUT2D eigenvalue weighted by Crippen LogP contribution is -2.63.